The largest absolute Gasteiger partial charge is 0.350 e. The predicted molar refractivity (Wildman–Crippen MR) is 518 cm³/mol. The zero-order valence-corrected chi connectivity index (χ0v) is 79.2. The lowest BCUT2D eigenvalue weighted by Gasteiger charge is -2.32. The number of ketones is 1. The standard InChI is InChI=1S/C104H153N15O12/c1-8-93(120)72-115(102(129)57-51-81-33-15-9-16-34-81)67-88(45-27-30-60-105)109-94(121)74-116(103(130)58-52-82-35-17-10-18-36-82)68-89(46-28-31-61-106)110-95(122)75-117(104(131)59-53-83-37-19-11-20-38-83)69-90(47-29-32-62-107)111-96(123)76-118(100(127)55-49-79(4)5)70-92(65-86-43-25-14-26-44-86)113-98(125)77-119(101(128)56-50-80(6)7)71-91(64-85-41-23-13-24-42-85)112-97(124)73-114(99(126)54-48-78(2)3)66-87(108)63-84-39-21-12-22-40-84/h9-26,33-44,78-80,87-92H,8,27-32,45-77,105-108H2,1-7H3,(H,109,121)(H,110,122)(H,111,123)(H,112,124)(H,113,125)/t87-,88-,89-,90-,91-,92-/m0/s1. The molecule has 0 heterocycles. The molecule has 0 aliphatic carbocycles. The van der Waals surface area contributed by atoms with E-state index in [2.05, 4.69) is 26.6 Å². The summed E-state index contributed by atoms with van der Waals surface area (Å²) in [5, 5.41) is 15.8. The van der Waals surface area contributed by atoms with Crippen molar-refractivity contribution in [1.82, 2.24) is 56.0 Å². The summed E-state index contributed by atoms with van der Waals surface area (Å²) in [5.74, 6) is -4.23. The maximum absolute atomic E-state index is 15.2. The van der Waals surface area contributed by atoms with Gasteiger partial charge in [-0.2, -0.15) is 0 Å². The lowest BCUT2D eigenvalue weighted by atomic mass is 10.0. The Morgan fingerprint density at radius 1 is 0.267 bits per heavy atom. The van der Waals surface area contributed by atoms with Gasteiger partial charge in [0.1, 0.15) is 0 Å². The normalized spacial score (nSPS) is 12.6. The average Bonchev–Trinajstić information content (AvgIpc) is 0.863. The van der Waals surface area contributed by atoms with Crippen LogP contribution >= 0.6 is 0 Å². The van der Waals surface area contributed by atoms with Gasteiger partial charge < -0.3 is 78.9 Å². The maximum Gasteiger partial charge on any atom is 0.239 e. The molecule has 131 heavy (non-hydrogen) atoms. The number of hydrogen-bond acceptors (Lipinski definition) is 16. The van der Waals surface area contributed by atoms with Crippen LogP contribution in [0.25, 0.3) is 0 Å². The molecule has 0 unspecified atom stereocenters. The van der Waals surface area contributed by atoms with E-state index in [4.69, 9.17) is 22.9 Å². The number of carbonyl (C=O) groups is 12. The Morgan fingerprint density at radius 3 is 0.740 bits per heavy atom. The van der Waals surface area contributed by atoms with Gasteiger partial charge in [0.2, 0.25) is 65.0 Å². The zero-order chi connectivity index (χ0) is 95.1. The number of carbonyl (C=O) groups excluding carboxylic acids is 12. The molecule has 0 fully saturated rings. The van der Waals surface area contributed by atoms with Crippen LogP contribution in [0, 0.1) is 17.8 Å². The Morgan fingerprint density at radius 2 is 0.489 bits per heavy atom. The van der Waals surface area contributed by atoms with Crippen LogP contribution in [0.15, 0.2) is 182 Å². The van der Waals surface area contributed by atoms with Crippen molar-refractivity contribution < 1.29 is 57.5 Å². The summed E-state index contributed by atoms with van der Waals surface area (Å²) in [5.41, 5.74) is 30.3. The third kappa shape index (κ3) is 46.1. The quantitative estimate of drug-likeness (QED) is 0.0160. The molecule has 0 bridgehead atoms. The van der Waals surface area contributed by atoms with Crippen LogP contribution in [0.4, 0.5) is 0 Å². The summed E-state index contributed by atoms with van der Waals surface area (Å²) in [6, 6.07) is 52.8. The summed E-state index contributed by atoms with van der Waals surface area (Å²) in [6.07, 6.45) is 8.82. The molecule has 6 aromatic rings. The number of amides is 11. The molecule has 0 aromatic heterocycles. The molecule has 27 heteroatoms. The van der Waals surface area contributed by atoms with E-state index in [1.54, 1.807) is 6.92 Å². The van der Waals surface area contributed by atoms with Gasteiger partial charge in [-0.15, -0.1) is 0 Å². The van der Waals surface area contributed by atoms with Gasteiger partial charge in [0.05, 0.1) is 51.4 Å². The monoisotopic (exact) mass is 1800 g/mol. The number of Topliss-reactive ketones (excluding diaryl/α,β-unsaturated/α-hetero) is 1. The van der Waals surface area contributed by atoms with Crippen LogP contribution in [0.5, 0.6) is 0 Å². The molecule has 11 amide bonds. The van der Waals surface area contributed by atoms with Crippen LogP contribution in [-0.4, -0.2) is 235 Å². The van der Waals surface area contributed by atoms with Gasteiger partial charge >= 0.3 is 0 Å². The van der Waals surface area contributed by atoms with Crippen LogP contribution in [0.2, 0.25) is 0 Å². The van der Waals surface area contributed by atoms with Gasteiger partial charge in [0.25, 0.3) is 0 Å². The van der Waals surface area contributed by atoms with Gasteiger partial charge in [0.15, 0.2) is 5.78 Å². The second kappa shape index (κ2) is 62.4. The Bertz CT molecular complexity index is 4340. The Balaban J connectivity index is 1.30. The molecule has 13 N–H and O–H groups in total. The first-order chi connectivity index (χ1) is 63.1. The summed E-state index contributed by atoms with van der Waals surface area (Å²) >= 11 is 0. The van der Waals surface area contributed by atoms with Crippen molar-refractivity contribution in [2.75, 3.05) is 98.2 Å². The van der Waals surface area contributed by atoms with Gasteiger partial charge in [-0.1, -0.05) is 250 Å². The van der Waals surface area contributed by atoms with E-state index in [9.17, 15) is 38.4 Å². The molecule has 0 saturated heterocycles. The van der Waals surface area contributed by atoms with Crippen molar-refractivity contribution in [1.29, 1.82) is 0 Å². The van der Waals surface area contributed by atoms with E-state index in [0.29, 0.717) is 122 Å². The summed E-state index contributed by atoms with van der Waals surface area (Å²) in [6.45, 7) is 12.3. The second-order valence-electron chi connectivity index (χ2n) is 36.3. The van der Waals surface area contributed by atoms with Crippen LogP contribution in [0.1, 0.15) is 204 Å². The van der Waals surface area contributed by atoms with E-state index in [1.165, 1.54) is 29.4 Å². The smallest absolute Gasteiger partial charge is 0.239 e. The highest BCUT2D eigenvalue weighted by Crippen LogP contribution is 2.20. The van der Waals surface area contributed by atoms with Gasteiger partial charge in [0, 0.05) is 108 Å². The Hall–Kier alpha value is -11.0. The Labute approximate surface area is 779 Å². The SMILES string of the molecule is CCC(=O)CN(C[C@H](CCCCN)NC(=O)CN(C[C@H](CCCCN)NC(=O)CN(C[C@H](CCCCN)NC(=O)CN(C[C@H](Cc1ccccc1)NC(=O)CN(C[C@H](Cc1ccccc1)NC(=O)CN(C[C@@H](N)Cc1ccccc1)C(=O)CCC(C)C)C(=O)CCC(C)C)C(=O)CCC(C)C)C(=O)CCc1ccccc1)C(=O)CCc1ccccc1)C(=O)CCc1ccccc1. The highest BCUT2D eigenvalue weighted by molar-refractivity contribution is 5.90. The Kier molecular flexibility index (Phi) is 51.8. The number of rotatable bonds is 66. The lowest BCUT2D eigenvalue weighted by molar-refractivity contribution is -0.139. The van der Waals surface area contributed by atoms with E-state index in [-0.39, 0.29) is 163 Å². The van der Waals surface area contributed by atoms with Crippen LogP contribution in [-0.2, 0) is 96.1 Å². The molecule has 0 radical (unpaired) electrons. The first-order valence-corrected chi connectivity index (χ1v) is 47.8. The van der Waals surface area contributed by atoms with Crippen LogP contribution in [0.3, 0.4) is 0 Å². The fraction of sp³-hybridized carbons (Fsp3) is 0.538. The minimum Gasteiger partial charge on any atom is -0.350 e. The van der Waals surface area contributed by atoms with Crippen molar-refractivity contribution in [3.05, 3.63) is 215 Å². The molecule has 0 aliphatic heterocycles. The van der Waals surface area contributed by atoms with E-state index >= 15 is 19.2 Å². The molecular weight excluding hydrogens is 1650 g/mol. The van der Waals surface area contributed by atoms with Crippen molar-refractivity contribution >= 4 is 70.8 Å². The summed E-state index contributed by atoms with van der Waals surface area (Å²) in [4.78, 5) is 185. The number of unbranched alkanes of at least 4 members (excludes halogenated alkanes) is 3. The van der Waals surface area contributed by atoms with E-state index in [0.717, 1.165) is 33.4 Å². The van der Waals surface area contributed by atoms with Gasteiger partial charge in [-0.05, 0) is 167 Å². The van der Waals surface area contributed by atoms with Crippen molar-refractivity contribution in [2.45, 2.75) is 245 Å². The first-order valence-electron chi connectivity index (χ1n) is 47.8. The van der Waals surface area contributed by atoms with E-state index < -0.39 is 97.9 Å². The van der Waals surface area contributed by atoms with Gasteiger partial charge in [-0.3, -0.25) is 57.5 Å². The molecule has 27 nitrogen and oxygen atoms in total. The molecule has 6 atom stereocenters. The highest BCUT2D eigenvalue weighted by atomic mass is 16.2. The van der Waals surface area contributed by atoms with Gasteiger partial charge in [-0.25, -0.2) is 0 Å². The van der Waals surface area contributed by atoms with Crippen molar-refractivity contribution in [3.8, 4) is 0 Å². The fourth-order valence-corrected chi connectivity index (χ4v) is 15.9. The third-order valence-electron chi connectivity index (χ3n) is 23.3. The third-order valence-corrected chi connectivity index (χ3v) is 23.3. The molecule has 0 aliphatic rings. The minimum atomic E-state index is -0.837. The highest BCUT2D eigenvalue weighted by Gasteiger charge is 2.33. The van der Waals surface area contributed by atoms with Crippen molar-refractivity contribution in [2.24, 2.45) is 40.7 Å². The first kappa shape index (κ1) is 109. The number of aryl methyl sites for hydroxylation is 3. The topological polar surface area (TPSA) is 389 Å². The molecule has 0 spiro atoms. The molecule has 6 aromatic carbocycles. The number of nitrogens with zero attached hydrogens (tertiary/aromatic N) is 6. The molecule has 6 rings (SSSR count). The molecular formula is C104H153N15O12. The average molecular weight is 1810 g/mol. The lowest BCUT2D eigenvalue weighted by Crippen LogP contribution is -2.55. The second-order valence-corrected chi connectivity index (χ2v) is 36.3. The summed E-state index contributed by atoms with van der Waals surface area (Å²) < 4.78 is 0. The predicted octanol–water partition coefficient (Wildman–Crippen LogP) is 10.0. The van der Waals surface area contributed by atoms with E-state index in [1.807, 2.05) is 224 Å². The van der Waals surface area contributed by atoms with Crippen LogP contribution < -0.4 is 49.5 Å². The number of hydrogen-bond donors (Lipinski definition) is 9. The van der Waals surface area contributed by atoms with Crippen molar-refractivity contribution in [3.63, 3.8) is 0 Å². The summed E-state index contributed by atoms with van der Waals surface area (Å²) in [7, 11) is 0. The zero-order valence-electron chi connectivity index (χ0n) is 79.2. The number of nitrogens with one attached hydrogen (secondary N) is 5. The minimum absolute atomic E-state index is 0.0147. The number of benzene rings is 6. The maximum atomic E-state index is 15.2. The molecule has 716 valence electrons. The fourth-order valence-electron chi connectivity index (χ4n) is 15.9. The number of nitrogens with two attached hydrogens (primary N) is 4. The molecule has 0 saturated carbocycles.